The maximum atomic E-state index is 8.05. The number of aromatic nitrogens is 3. The fourth-order valence-electron chi connectivity index (χ4n) is 5.55. The number of hydrogen-bond donors (Lipinski definition) is 0. The molecule has 0 unspecified atom stereocenters. The van der Waals surface area contributed by atoms with Crippen molar-refractivity contribution in [1.29, 1.82) is 0 Å². The van der Waals surface area contributed by atoms with E-state index in [0.29, 0.717) is 5.69 Å². The highest BCUT2D eigenvalue weighted by molar-refractivity contribution is 6.07. The van der Waals surface area contributed by atoms with E-state index in [0.717, 1.165) is 66.6 Å². The summed E-state index contributed by atoms with van der Waals surface area (Å²) < 4.78 is 10.4. The number of nitrogens with zero attached hydrogens (tertiary/aromatic N) is 4. The molecule has 0 fully saturated rings. The maximum absolute atomic E-state index is 8.05. The molecule has 0 N–H and O–H groups in total. The van der Waals surface area contributed by atoms with Crippen LogP contribution >= 0.6 is 0 Å². The van der Waals surface area contributed by atoms with E-state index in [4.69, 9.17) is 16.0 Å². The number of para-hydroxylation sites is 6. The number of hydrogen-bond acceptors (Lipinski definition) is 2. The van der Waals surface area contributed by atoms with E-state index in [9.17, 15) is 0 Å². The van der Waals surface area contributed by atoms with Crippen molar-refractivity contribution in [1.82, 2.24) is 14.0 Å². The van der Waals surface area contributed by atoms with Crippen LogP contribution in [0.1, 0.15) is 0 Å². The van der Waals surface area contributed by atoms with Crippen LogP contribution < -0.4 is 0 Å². The molecule has 8 rings (SSSR count). The Morgan fingerprint density at radius 2 is 1.43 bits per heavy atom. The second-order valence-electron chi connectivity index (χ2n) is 9.15. The van der Waals surface area contributed by atoms with Crippen LogP contribution in [0.2, 0.25) is 0 Å². The van der Waals surface area contributed by atoms with Gasteiger partial charge in [-0.15, -0.1) is 0 Å². The largest absolute Gasteiger partial charge is 0.456 e. The first-order valence-electron chi connectivity index (χ1n) is 12.1. The zero-order valence-corrected chi connectivity index (χ0v) is 19.6. The van der Waals surface area contributed by atoms with Crippen LogP contribution in [0.15, 0.2) is 114 Å². The van der Waals surface area contributed by atoms with Crippen molar-refractivity contribution >= 4 is 55.5 Å². The van der Waals surface area contributed by atoms with Crippen molar-refractivity contribution in [3.05, 3.63) is 121 Å². The minimum absolute atomic E-state index is 0.574. The summed E-state index contributed by atoms with van der Waals surface area (Å²) in [6, 6.07) is 36.7. The van der Waals surface area contributed by atoms with E-state index in [1.165, 1.54) is 0 Å². The van der Waals surface area contributed by atoms with Crippen LogP contribution in [0.25, 0.3) is 71.4 Å². The molecular weight excluding hydrogens is 456 g/mol. The first-order chi connectivity index (χ1) is 18.3. The molecule has 172 valence electrons. The van der Waals surface area contributed by atoms with E-state index < -0.39 is 0 Å². The SMILES string of the molecule is [C-]#[N+]c1cccc(-c2ccc3oc4ccccc4c3c2)c1-n1c2ccccc2n2c3ccccc3nc12. The Kier molecular flexibility index (Phi) is 3.94. The van der Waals surface area contributed by atoms with Gasteiger partial charge in [0.05, 0.1) is 34.3 Å². The van der Waals surface area contributed by atoms with E-state index in [2.05, 4.69) is 56.3 Å². The average molecular weight is 475 g/mol. The smallest absolute Gasteiger partial charge is 0.219 e. The lowest BCUT2D eigenvalue weighted by Gasteiger charge is -2.14. The van der Waals surface area contributed by atoms with E-state index in [1.807, 2.05) is 66.7 Å². The normalized spacial score (nSPS) is 11.8. The molecule has 0 aliphatic heterocycles. The standard InChI is InChI=1S/C32H18N4O/c1-33-25-12-8-10-21(20-17-18-30-23(19-20)22-9-2-7-16-29(22)37-30)31(25)36-28-15-6-5-14-27(28)35-26-13-4-3-11-24(26)34-32(35)36/h2-19H. The topological polar surface area (TPSA) is 39.7 Å². The molecule has 37 heavy (non-hydrogen) atoms. The molecule has 0 spiro atoms. The Balaban J connectivity index is 1.51. The Morgan fingerprint density at radius 1 is 0.676 bits per heavy atom. The number of benzene rings is 5. The van der Waals surface area contributed by atoms with Crippen LogP contribution in [0.5, 0.6) is 0 Å². The number of imidazole rings is 2. The van der Waals surface area contributed by atoms with Crippen molar-refractivity contribution < 1.29 is 4.42 Å². The van der Waals surface area contributed by atoms with E-state index in [-0.39, 0.29) is 0 Å². The average Bonchev–Trinajstić information content (AvgIpc) is 3.61. The lowest BCUT2D eigenvalue weighted by atomic mass is 10.00. The van der Waals surface area contributed by atoms with Gasteiger partial charge in [-0.2, -0.15) is 0 Å². The molecule has 0 amide bonds. The summed E-state index contributed by atoms with van der Waals surface area (Å²) in [5, 5.41) is 2.14. The van der Waals surface area contributed by atoms with Gasteiger partial charge >= 0.3 is 0 Å². The first-order valence-corrected chi connectivity index (χ1v) is 12.1. The highest BCUT2D eigenvalue weighted by Crippen LogP contribution is 2.41. The molecule has 5 heteroatoms. The molecule has 5 nitrogen and oxygen atoms in total. The number of fused-ring (bicyclic) bond motifs is 8. The van der Waals surface area contributed by atoms with E-state index >= 15 is 0 Å². The summed E-state index contributed by atoms with van der Waals surface area (Å²) in [4.78, 5) is 8.99. The molecule has 0 aliphatic carbocycles. The van der Waals surface area contributed by atoms with Crippen LogP contribution in [0.4, 0.5) is 5.69 Å². The molecule has 3 heterocycles. The van der Waals surface area contributed by atoms with Crippen LogP contribution in [-0.4, -0.2) is 14.0 Å². The Hall–Kier alpha value is -5.34. The van der Waals surface area contributed by atoms with Gasteiger partial charge in [-0.25, -0.2) is 9.83 Å². The summed E-state index contributed by atoms with van der Waals surface area (Å²) >= 11 is 0. The summed E-state index contributed by atoms with van der Waals surface area (Å²) in [6.45, 7) is 8.05. The third kappa shape index (κ3) is 2.70. The minimum atomic E-state index is 0.574. The summed E-state index contributed by atoms with van der Waals surface area (Å²) in [5.41, 5.74) is 9.12. The van der Waals surface area contributed by atoms with Crippen molar-refractivity contribution in [3.63, 3.8) is 0 Å². The van der Waals surface area contributed by atoms with Gasteiger partial charge in [0.15, 0.2) is 0 Å². The van der Waals surface area contributed by atoms with Gasteiger partial charge in [0.1, 0.15) is 11.2 Å². The summed E-state index contributed by atoms with van der Waals surface area (Å²) in [7, 11) is 0. The Labute approximate surface area is 211 Å². The fourth-order valence-corrected chi connectivity index (χ4v) is 5.55. The lowest BCUT2D eigenvalue weighted by Crippen LogP contribution is -1.99. The Morgan fingerprint density at radius 3 is 2.32 bits per heavy atom. The number of rotatable bonds is 2. The molecule has 0 bridgehead atoms. The lowest BCUT2D eigenvalue weighted by molar-refractivity contribution is 0.669. The molecule has 0 aliphatic rings. The van der Waals surface area contributed by atoms with Gasteiger partial charge in [0.2, 0.25) is 11.5 Å². The van der Waals surface area contributed by atoms with Gasteiger partial charge in [-0.1, -0.05) is 66.7 Å². The van der Waals surface area contributed by atoms with Crippen molar-refractivity contribution in [3.8, 4) is 16.8 Å². The number of furan rings is 1. The monoisotopic (exact) mass is 474 g/mol. The second kappa shape index (κ2) is 7.33. The van der Waals surface area contributed by atoms with Gasteiger partial charge in [0, 0.05) is 10.8 Å². The van der Waals surface area contributed by atoms with Crippen molar-refractivity contribution in [2.24, 2.45) is 0 Å². The quantitative estimate of drug-likeness (QED) is 0.236. The van der Waals surface area contributed by atoms with Crippen LogP contribution in [0.3, 0.4) is 0 Å². The zero-order chi connectivity index (χ0) is 24.5. The van der Waals surface area contributed by atoms with Gasteiger partial charge < -0.3 is 4.42 Å². The third-order valence-electron chi connectivity index (χ3n) is 7.15. The highest BCUT2D eigenvalue weighted by atomic mass is 16.3. The second-order valence-corrected chi connectivity index (χ2v) is 9.15. The molecule has 0 saturated carbocycles. The molecule has 0 saturated heterocycles. The summed E-state index contributed by atoms with van der Waals surface area (Å²) in [6.07, 6.45) is 0. The molecule has 0 radical (unpaired) electrons. The first kappa shape index (κ1) is 19.9. The predicted molar refractivity (Wildman–Crippen MR) is 149 cm³/mol. The molecule has 8 aromatic rings. The van der Waals surface area contributed by atoms with E-state index in [1.54, 1.807) is 0 Å². The third-order valence-corrected chi connectivity index (χ3v) is 7.15. The molecule has 0 atom stereocenters. The predicted octanol–water partition coefficient (Wildman–Crippen LogP) is 8.55. The summed E-state index contributed by atoms with van der Waals surface area (Å²) in [5.74, 6) is 0.787. The molecular formula is C32H18N4O. The minimum Gasteiger partial charge on any atom is -0.456 e. The van der Waals surface area contributed by atoms with Crippen LogP contribution in [-0.2, 0) is 0 Å². The Bertz CT molecular complexity index is 2220. The van der Waals surface area contributed by atoms with Gasteiger partial charge in [0.25, 0.3) is 0 Å². The highest BCUT2D eigenvalue weighted by Gasteiger charge is 2.22. The maximum Gasteiger partial charge on any atom is 0.219 e. The fraction of sp³-hybridized carbons (Fsp3) is 0. The molecule has 5 aromatic carbocycles. The zero-order valence-electron chi connectivity index (χ0n) is 19.6. The molecule has 3 aromatic heterocycles. The van der Waals surface area contributed by atoms with Crippen molar-refractivity contribution in [2.75, 3.05) is 0 Å². The van der Waals surface area contributed by atoms with Crippen LogP contribution in [0, 0.1) is 6.57 Å². The van der Waals surface area contributed by atoms with Crippen molar-refractivity contribution in [2.45, 2.75) is 0 Å². The van der Waals surface area contributed by atoms with Gasteiger partial charge in [-0.3, -0.25) is 8.97 Å². The van der Waals surface area contributed by atoms with Gasteiger partial charge in [-0.05, 0) is 53.6 Å².